The topological polar surface area (TPSA) is 43.7 Å². The number of hydrogen-bond donors (Lipinski definition) is 2. The van der Waals surface area contributed by atoms with E-state index in [1.165, 1.54) is 5.56 Å². The molecule has 19 heavy (non-hydrogen) atoms. The van der Waals surface area contributed by atoms with Crippen LogP contribution in [0.15, 0.2) is 24.3 Å². The molecule has 3 nitrogen and oxygen atoms in total. The van der Waals surface area contributed by atoms with E-state index in [4.69, 9.17) is 5.11 Å². The van der Waals surface area contributed by atoms with Crippen molar-refractivity contribution in [1.82, 2.24) is 4.90 Å². The summed E-state index contributed by atoms with van der Waals surface area (Å²) in [5, 5.41) is 18.5. The summed E-state index contributed by atoms with van der Waals surface area (Å²) in [7, 11) is 0. The van der Waals surface area contributed by atoms with Crippen LogP contribution in [-0.4, -0.2) is 40.9 Å². The second-order valence-electron chi connectivity index (χ2n) is 5.23. The molecule has 1 aliphatic heterocycles. The van der Waals surface area contributed by atoms with Gasteiger partial charge < -0.3 is 10.2 Å². The standard InChI is InChI=1S/C16H21NO2/c1-13-8-9-17(12-16(13)19)11-15-6-4-14(5-7-15)3-2-10-18/h4-7,13,16,18-19H,8-12H2,1H3. The Kier molecular flexibility index (Phi) is 4.98. The highest BCUT2D eigenvalue weighted by atomic mass is 16.3. The molecule has 2 rings (SSSR count). The zero-order valence-electron chi connectivity index (χ0n) is 11.3. The highest BCUT2D eigenvalue weighted by Gasteiger charge is 2.23. The molecule has 1 saturated heterocycles. The van der Waals surface area contributed by atoms with Crippen molar-refractivity contribution in [3.8, 4) is 11.8 Å². The van der Waals surface area contributed by atoms with Gasteiger partial charge in [-0.05, 0) is 36.6 Å². The predicted octanol–water partition coefficient (Wildman–Crippen LogP) is 1.23. The summed E-state index contributed by atoms with van der Waals surface area (Å²) < 4.78 is 0. The van der Waals surface area contributed by atoms with Gasteiger partial charge in [-0.2, -0.15) is 0 Å². The van der Waals surface area contributed by atoms with Gasteiger partial charge in [0.05, 0.1) is 6.10 Å². The van der Waals surface area contributed by atoms with E-state index in [9.17, 15) is 5.11 Å². The molecule has 0 bridgehead atoms. The van der Waals surface area contributed by atoms with Crippen molar-refractivity contribution in [1.29, 1.82) is 0 Å². The number of nitrogens with zero attached hydrogens (tertiary/aromatic N) is 1. The van der Waals surface area contributed by atoms with Crippen molar-refractivity contribution in [2.75, 3.05) is 19.7 Å². The van der Waals surface area contributed by atoms with Crippen molar-refractivity contribution in [2.24, 2.45) is 5.92 Å². The molecule has 1 aliphatic rings. The Morgan fingerprint density at radius 1 is 1.32 bits per heavy atom. The minimum Gasteiger partial charge on any atom is -0.392 e. The Morgan fingerprint density at radius 2 is 2.05 bits per heavy atom. The molecule has 0 amide bonds. The fraction of sp³-hybridized carbons (Fsp3) is 0.500. The molecule has 2 N–H and O–H groups in total. The molecule has 2 unspecified atom stereocenters. The van der Waals surface area contributed by atoms with Crippen LogP contribution in [0, 0.1) is 17.8 Å². The molecular weight excluding hydrogens is 238 g/mol. The number of piperidine rings is 1. The van der Waals surface area contributed by atoms with Crippen molar-refractivity contribution < 1.29 is 10.2 Å². The van der Waals surface area contributed by atoms with Gasteiger partial charge in [0.1, 0.15) is 6.61 Å². The molecule has 0 aliphatic carbocycles. The summed E-state index contributed by atoms with van der Waals surface area (Å²) in [6, 6.07) is 8.07. The van der Waals surface area contributed by atoms with Crippen LogP contribution in [0.2, 0.25) is 0 Å². The van der Waals surface area contributed by atoms with Crippen LogP contribution in [0.3, 0.4) is 0 Å². The van der Waals surface area contributed by atoms with E-state index in [0.29, 0.717) is 5.92 Å². The first-order valence-electron chi connectivity index (χ1n) is 6.78. The summed E-state index contributed by atoms with van der Waals surface area (Å²) in [5.41, 5.74) is 2.15. The number of aliphatic hydroxyl groups is 2. The van der Waals surface area contributed by atoms with Crippen LogP contribution in [0.1, 0.15) is 24.5 Å². The third-order valence-corrected chi connectivity index (χ3v) is 3.67. The van der Waals surface area contributed by atoms with Gasteiger partial charge in [-0.15, -0.1) is 0 Å². The lowest BCUT2D eigenvalue weighted by Crippen LogP contribution is -2.42. The third-order valence-electron chi connectivity index (χ3n) is 3.67. The number of rotatable bonds is 2. The third kappa shape index (κ3) is 4.07. The molecule has 1 heterocycles. The fourth-order valence-electron chi connectivity index (χ4n) is 2.35. The lowest BCUT2D eigenvalue weighted by atomic mass is 9.96. The van der Waals surface area contributed by atoms with Gasteiger partial charge >= 0.3 is 0 Å². The Labute approximate surface area is 114 Å². The summed E-state index contributed by atoms with van der Waals surface area (Å²) >= 11 is 0. The van der Waals surface area contributed by atoms with E-state index in [1.807, 2.05) is 12.1 Å². The number of likely N-dealkylation sites (tertiary alicyclic amines) is 1. The van der Waals surface area contributed by atoms with Gasteiger partial charge in [-0.3, -0.25) is 4.90 Å². The zero-order valence-corrected chi connectivity index (χ0v) is 11.3. The zero-order chi connectivity index (χ0) is 13.7. The highest BCUT2D eigenvalue weighted by Crippen LogP contribution is 2.18. The van der Waals surface area contributed by atoms with Gasteiger partial charge in [0.15, 0.2) is 0 Å². The van der Waals surface area contributed by atoms with Crippen LogP contribution in [0.4, 0.5) is 0 Å². The second kappa shape index (κ2) is 6.72. The molecule has 2 atom stereocenters. The van der Waals surface area contributed by atoms with Crippen molar-refractivity contribution >= 4 is 0 Å². The van der Waals surface area contributed by atoms with E-state index < -0.39 is 0 Å². The van der Waals surface area contributed by atoms with Crippen molar-refractivity contribution in [2.45, 2.75) is 26.0 Å². The highest BCUT2D eigenvalue weighted by molar-refractivity contribution is 5.36. The largest absolute Gasteiger partial charge is 0.392 e. The number of hydrogen-bond acceptors (Lipinski definition) is 3. The molecule has 1 aromatic carbocycles. The smallest absolute Gasteiger partial charge is 0.104 e. The van der Waals surface area contributed by atoms with Crippen LogP contribution >= 0.6 is 0 Å². The van der Waals surface area contributed by atoms with Gasteiger partial charge in [0.25, 0.3) is 0 Å². The molecule has 3 heteroatoms. The minimum absolute atomic E-state index is 0.106. The van der Waals surface area contributed by atoms with Gasteiger partial charge in [-0.1, -0.05) is 30.9 Å². The first kappa shape index (κ1) is 14.1. The van der Waals surface area contributed by atoms with E-state index >= 15 is 0 Å². The van der Waals surface area contributed by atoms with E-state index in [2.05, 4.69) is 35.8 Å². The summed E-state index contributed by atoms with van der Waals surface area (Å²) in [6.07, 6.45) is 0.852. The molecular formula is C16H21NO2. The van der Waals surface area contributed by atoms with Gasteiger partial charge in [-0.25, -0.2) is 0 Å². The van der Waals surface area contributed by atoms with Crippen LogP contribution in [-0.2, 0) is 6.54 Å². The quantitative estimate of drug-likeness (QED) is 0.785. The lowest BCUT2D eigenvalue weighted by molar-refractivity contribution is 0.0259. The number of aliphatic hydroxyl groups excluding tert-OH is 2. The first-order valence-corrected chi connectivity index (χ1v) is 6.78. The fourth-order valence-corrected chi connectivity index (χ4v) is 2.35. The predicted molar refractivity (Wildman–Crippen MR) is 75.5 cm³/mol. The molecule has 0 radical (unpaired) electrons. The van der Waals surface area contributed by atoms with Crippen LogP contribution in [0.5, 0.6) is 0 Å². The van der Waals surface area contributed by atoms with Crippen LogP contribution in [0.25, 0.3) is 0 Å². The summed E-state index contributed by atoms with van der Waals surface area (Å²) in [6.45, 7) is 4.68. The Hall–Kier alpha value is -1.34. The maximum Gasteiger partial charge on any atom is 0.104 e. The van der Waals surface area contributed by atoms with Crippen LogP contribution < -0.4 is 0 Å². The summed E-state index contributed by atoms with van der Waals surface area (Å²) in [4.78, 5) is 2.29. The number of benzene rings is 1. The van der Waals surface area contributed by atoms with E-state index in [1.54, 1.807) is 0 Å². The van der Waals surface area contributed by atoms with E-state index in [0.717, 1.165) is 31.6 Å². The van der Waals surface area contributed by atoms with Crippen molar-refractivity contribution in [3.63, 3.8) is 0 Å². The first-order chi connectivity index (χ1) is 9.19. The average Bonchev–Trinajstić information content (AvgIpc) is 2.42. The Morgan fingerprint density at radius 3 is 2.68 bits per heavy atom. The second-order valence-corrected chi connectivity index (χ2v) is 5.23. The minimum atomic E-state index is -0.205. The Balaban J connectivity index is 1.92. The maximum absolute atomic E-state index is 9.88. The monoisotopic (exact) mass is 259 g/mol. The molecule has 0 spiro atoms. The van der Waals surface area contributed by atoms with Gasteiger partial charge in [0, 0.05) is 18.7 Å². The maximum atomic E-state index is 9.88. The van der Waals surface area contributed by atoms with Crippen molar-refractivity contribution in [3.05, 3.63) is 35.4 Å². The van der Waals surface area contributed by atoms with Gasteiger partial charge in [0.2, 0.25) is 0 Å². The molecule has 0 saturated carbocycles. The normalized spacial score (nSPS) is 23.7. The molecule has 1 fully saturated rings. The molecule has 1 aromatic rings. The Bertz CT molecular complexity index is 458. The average molecular weight is 259 g/mol. The molecule has 102 valence electrons. The lowest BCUT2D eigenvalue weighted by Gasteiger charge is -2.34. The number of β-amino-alcohol motifs (C(OH)–C–C–N with tert-alkyl or cyclic N) is 1. The SMILES string of the molecule is CC1CCN(Cc2ccc(C#CCO)cc2)CC1O. The molecule has 0 aromatic heterocycles. The summed E-state index contributed by atoms with van der Waals surface area (Å²) in [5.74, 6) is 5.93. The van der Waals surface area contributed by atoms with E-state index in [-0.39, 0.29) is 12.7 Å².